The molecular formula is C18H15Br2NO3. The second-order valence-electron chi connectivity index (χ2n) is 5.32. The molecule has 2 aromatic carbocycles. The highest BCUT2D eigenvalue weighted by Crippen LogP contribution is 2.36. The first-order valence-electron chi connectivity index (χ1n) is 7.40. The Balaban J connectivity index is 2.39. The number of hydrogen-bond acceptors (Lipinski definition) is 3. The number of nitrogens with zero attached hydrogens (tertiary/aromatic N) is 1. The van der Waals surface area contributed by atoms with E-state index >= 15 is 0 Å². The molecule has 0 aliphatic carbocycles. The molecule has 24 heavy (non-hydrogen) atoms. The molecule has 6 heteroatoms. The van der Waals surface area contributed by atoms with Crippen LogP contribution in [0, 0.1) is 6.92 Å². The normalized spacial score (nSPS) is 11.0. The first-order valence-corrected chi connectivity index (χ1v) is 8.99. The number of aromatic nitrogens is 1. The molecule has 1 aromatic heterocycles. The van der Waals surface area contributed by atoms with E-state index in [1.54, 1.807) is 19.1 Å². The standard InChI is InChI=1S/C18H15Br2NO3/c1-3-24-18(23)17-10(2)21(12-6-4-5-11(19)7-12)15-9-14(20)16(22)8-13(15)17/h4-9,22H,3H2,1-2H3. The average molecular weight is 453 g/mol. The Morgan fingerprint density at radius 2 is 2.00 bits per heavy atom. The van der Waals surface area contributed by atoms with Crippen LogP contribution in [0.2, 0.25) is 0 Å². The number of carbonyl (C=O) groups excluding carboxylic acids is 1. The van der Waals surface area contributed by atoms with Gasteiger partial charge in [-0.3, -0.25) is 0 Å². The number of aromatic hydroxyl groups is 1. The minimum Gasteiger partial charge on any atom is -0.507 e. The Bertz CT molecular complexity index is 947. The zero-order valence-electron chi connectivity index (χ0n) is 13.1. The molecule has 0 saturated heterocycles. The van der Waals surface area contributed by atoms with Gasteiger partial charge in [-0.2, -0.15) is 0 Å². The van der Waals surface area contributed by atoms with Crippen LogP contribution in [0.25, 0.3) is 16.6 Å². The summed E-state index contributed by atoms with van der Waals surface area (Å²) >= 11 is 6.83. The topological polar surface area (TPSA) is 51.5 Å². The molecule has 0 radical (unpaired) electrons. The molecule has 1 heterocycles. The Hall–Kier alpha value is -1.79. The van der Waals surface area contributed by atoms with E-state index in [0.29, 0.717) is 22.0 Å². The summed E-state index contributed by atoms with van der Waals surface area (Å²) < 4.78 is 8.70. The molecule has 0 aliphatic rings. The van der Waals surface area contributed by atoms with E-state index in [9.17, 15) is 9.90 Å². The van der Waals surface area contributed by atoms with Crippen molar-refractivity contribution in [2.24, 2.45) is 0 Å². The number of hydrogen-bond donors (Lipinski definition) is 1. The SMILES string of the molecule is CCOC(=O)c1c(C)n(-c2cccc(Br)c2)c2cc(Br)c(O)cc12. The van der Waals surface area contributed by atoms with E-state index in [-0.39, 0.29) is 5.75 Å². The second kappa shape index (κ2) is 6.61. The molecule has 0 saturated carbocycles. The monoisotopic (exact) mass is 451 g/mol. The van der Waals surface area contributed by atoms with Gasteiger partial charge in [-0.15, -0.1) is 0 Å². The molecule has 3 aromatic rings. The third kappa shape index (κ3) is 2.84. The quantitative estimate of drug-likeness (QED) is 0.545. The van der Waals surface area contributed by atoms with E-state index in [2.05, 4.69) is 31.9 Å². The number of esters is 1. The minimum absolute atomic E-state index is 0.0828. The smallest absolute Gasteiger partial charge is 0.340 e. The number of halogens is 2. The third-order valence-corrected chi connectivity index (χ3v) is 4.95. The average Bonchev–Trinajstić information content (AvgIpc) is 2.79. The maximum absolute atomic E-state index is 12.4. The lowest BCUT2D eigenvalue weighted by Gasteiger charge is -2.09. The molecule has 3 rings (SSSR count). The van der Waals surface area contributed by atoms with Crippen LogP contribution in [0.5, 0.6) is 5.75 Å². The maximum Gasteiger partial charge on any atom is 0.340 e. The zero-order chi connectivity index (χ0) is 17.4. The van der Waals surface area contributed by atoms with Crippen LogP contribution in [-0.4, -0.2) is 22.2 Å². The van der Waals surface area contributed by atoms with Gasteiger partial charge in [0.25, 0.3) is 0 Å². The fourth-order valence-electron chi connectivity index (χ4n) is 2.83. The summed E-state index contributed by atoms with van der Waals surface area (Å²) in [4.78, 5) is 12.4. The van der Waals surface area contributed by atoms with Gasteiger partial charge in [-0.25, -0.2) is 4.79 Å². The maximum atomic E-state index is 12.4. The van der Waals surface area contributed by atoms with Crippen LogP contribution in [0.3, 0.4) is 0 Å². The van der Waals surface area contributed by atoms with Gasteiger partial charge in [0.2, 0.25) is 0 Å². The molecule has 0 amide bonds. The lowest BCUT2D eigenvalue weighted by Crippen LogP contribution is -2.07. The molecule has 0 spiro atoms. The first kappa shape index (κ1) is 17.0. The summed E-state index contributed by atoms with van der Waals surface area (Å²) in [5, 5.41) is 10.7. The minimum atomic E-state index is -0.393. The van der Waals surface area contributed by atoms with Crippen LogP contribution < -0.4 is 0 Å². The summed E-state index contributed by atoms with van der Waals surface area (Å²) in [7, 11) is 0. The van der Waals surface area contributed by atoms with Gasteiger partial charge in [0.15, 0.2) is 0 Å². The van der Waals surface area contributed by atoms with Gasteiger partial charge in [0.05, 0.1) is 22.2 Å². The summed E-state index contributed by atoms with van der Waals surface area (Å²) in [6.45, 7) is 3.94. The van der Waals surface area contributed by atoms with Crippen molar-refractivity contribution < 1.29 is 14.6 Å². The summed E-state index contributed by atoms with van der Waals surface area (Å²) in [5.74, 6) is -0.310. The molecule has 0 fully saturated rings. The molecule has 124 valence electrons. The lowest BCUT2D eigenvalue weighted by atomic mass is 10.1. The van der Waals surface area contributed by atoms with Crippen molar-refractivity contribution in [3.8, 4) is 11.4 Å². The molecule has 0 aliphatic heterocycles. The van der Waals surface area contributed by atoms with Crippen LogP contribution in [0.1, 0.15) is 23.0 Å². The van der Waals surface area contributed by atoms with Crippen LogP contribution in [0.15, 0.2) is 45.3 Å². The Morgan fingerprint density at radius 1 is 1.25 bits per heavy atom. The summed E-state index contributed by atoms with van der Waals surface area (Å²) in [5.41, 5.74) is 2.96. The zero-order valence-corrected chi connectivity index (χ0v) is 16.3. The largest absolute Gasteiger partial charge is 0.507 e. The van der Waals surface area contributed by atoms with Crippen molar-refractivity contribution in [3.63, 3.8) is 0 Å². The Labute approximate surface area is 156 Å². The number of phenolic OH excluding ortho intramolecular Hbond substituents is 1. The number of benzene rings is 2. The van der Waals surface area contributed by atoms with E-state index in [4.69, 9.17) is 4.74 Å². The van der Waals surface area contributed by atoms with Gasteiger partial charge in [-0.1, -0.05) is 22.0 Å². The molecule has 4 nitrogen and oxygen atoms in total. The molecule has 1 N–H and O–H groups in total. The van der Waals surface area contributed by atoms with Gasteiger partial charge < -0.3 is 14.4 Å². The van der Waals surface area contributed by atoms with E-state index in [1.807, 2.05) is 35.8 Å². The van der Waals surface area contributed by atoms with Crippen LogP contribution >= 0.6 is 31.9 Å². The molecule has 0 bridgehead atoms. The molecular weight excluding hydrogens is 438 g/mol. The summed E-state index contributed by atoms with van der Waals surface area (Å²) in [6, 6.07) is 11.2. The van der Waals surface area contributed by atoms with Crippen molar-refractivity contribution in [1.82, 2.24) is 4.57 Å². The van der Waals surface area contributed by atoms with Gasteiger partial charge in [0.1, 0.15) is 5.75 Å². The number of carbonyl (C=O) groups is 1. The predicted octanol–water partition coefficient (Wildman–Crippen LogP) is 5.35. The van der Waals surface area contributed by atoms with E-state index in [0.717, 1.165) is 21.4 Å². The predicted molar refractivity (Wildman–Crippen MR) is 101 cm³/mol. The fourth-order valence-corrected chi connectivity index (χ4v) is 3.55. The van der Waals surface area contributed by atoms with E-state index < -0.39 is 5.97 Å². The van der Waals surface area contributed by atoms with Crippen molar-refractivity contribution in [1.29, 1.82) is 0 Å². The van der Waals surface area contributed by atoms with Gasteiger partial charge in [0, 0.05) is 21.2 Å². The number of rotatable bonds is 3. The van der Waals surface area contributed by atoms with Gasteiger partial charge in [-0.05, 0) is 60.1 Å². The Kier molecular flexibility index (Phi) is 4.69. The number of phenols is 1. The van der Waals surface area contributed by atoms with Gasteiger partial charge >= 0.3 is 5.97 Å². The summed E-state index contributed by atoms with van der Waals surface area (Å²) in [6.07, 6.45) is 0. The highest BCUT2D eigenvalue weighted by Gasteiger charge is 2.23. The molecule has 0 unspecified atom stereocenters. The highest BCUT2D eigenvalue weighted by molar-refractivity contribution is 9.10. The van der Waals surface area contributed by atoms with Crippen LogP contribution in [-0.2, 0) is 4.74 Å². The van der Waals surface area contributed by atoms with Crippen molar-refractivity contribution >= 4 is 48.7 Å². The van der Waals surface area contributed by atoms with Crippen molar-refractivity contribution in [2.45, 2.75) is 13.8 Å². The van der Waals surface area contributed by atoms with E-state index in [1.165, 1.54) is 0 Å². The molecule has 0 atom stereocenters. The van der Waals surface area contributed by atoms with Crippen LogP contribution in [0.4, 0.5) is 0 Å². The lowest BCUT2D eigenvalue weighted by molar-refractivity contribution is 0.0527. The van der Waals surface area contributed by atoms with Crippen molar-refractivity contribution in [3.05, 3.63) is 56.6 Å². The highest BCUT2D eigenvalue weighted by atomic mass is 79.9. The first-order chi connectivity index (χ1) is 11.4. The fraction of sp³-hybridized carbons (Fsp3) is 0.167. The number of fused-ring (bicyclic) bond motifs is 1. The van der Waals surface area contributed by atoms with Crippen molar-refractivity contribution in [2.75, 3.05) is 6.61 Å². The number of ether oxygens (including phenoxy) is 1. The third-order valence-electron chi connectivity index (χ3n) is 3.82. The Morgan fingerprint density at radius 3 is 2.67 bits per heavy atom. The second-order valence-corrected chi connectivity index (χ2v) is 7.09.